The second-order valence-electron chi connectivity index (χ2n) is 6.63. The van der Waals surface area contributed by atoms with Gasteiger partial charge in [0.05, 0.1) is 11.6 Å². The van der Waals surface area contributed by atoms with Gasteiger partial charge in [-0.3, -0.25) is 9.59 Å². The highest BCUT2D eigenvalue weighted by Gasteiger charge is 2.34. The molecule has 1 saturated heterocycles. The fourth-order valence-electron chi connectivity index (χ4n) is 3.58. The van der Waals surface area contributed by atoms with Crippen LogP contribution in [0.1, 0.15) is 35.7 Å². The molecule has 3 rings (SSSR count). The van der Waals surface area contributed by atoms with Gasteiger partial charge < -0.3 is 16.0 Å². The molecule has 2 amide bonds. The molecule has 6 nitrogen and oxygen atoms in total. The van der Waals surface area contributed by atoms with Crippen LogP contribution in [0.3, 0.4) is 0 Å². The summed E-state index contributed by atoms with van der Waals surface area (Å²) in [6.07, 6.45) is 3.95. The Bertz CT molecular complexity index is 778. The van der Waals surface area contributed by atoms with Crippen LogP contribution in [0.15, 0.2) is 48.7 Å². The molecule has 1 aromatic carbocycles. The van der Waals surface area contributed by atoms with Crippen LogP contribution < -0.4 is 11.1 Å². The SMILES string of the molecule is CC(=O)N1CCC[C@H](NC(=O)c2cccnc2N)[C@@H]1Cc1ccccc1. The molecule has 0 aliphatic carbocycles. The van der Waals surface area contributed by atoms with Gasteiger partial charge in [0, 0.05) is 25.7 Å². The van der Waals surface area contributed by atoms with Crippen molar-refractivity contribution in [3.63, 3.8) is 0 Å². The topological polar surface area (TPSA) is 88.3 Å². The molecule has 1 aliphatic rings. The van der Waals surface area contributed by atoms with Crippen LogP contribution in [0.5, 0.6) is 0 Å². The number of carbonyl (C=O) groups is 2. The Labute approximate surface area is 153 Å². The van der Waals surface area contributed by atoms with E-state index >= 15 is 0 Å². The van der Waals surface area contributed by atoms with Crippen molar-refractivity contribution in [1.82, 2.24) is 15.2 Å². The molecule has 0 unspecified atom stereocenters. The number of nitrogens with zero attached hydrogens (tertiary/aromatic N) is 2. The summed E-state index contributed by atoms with van der Waals surface area (Å²) in [6, 6.07) is 13.2. The van der Waals surface area contributed by atoms with Crippen molar-refractivity contribution in [3.8, 4) is 0 Å². The number of hydrogen-bond donors (Lipinski definition) is 2. The van der Waals surface area contributed by atoms with Crippen LogP contribution in [0, 0.1) is 0 Å². The smallest absolute Gasteiger partial charge is 0.255 e. The van der Waals surface area contributed by atoms with Gasteiger partial charge in [0.2, 0.25) is 5.91 Å². The van der Waals surface area contributed by atoms with Gasteiger partial charge >= 0.3 is 0 Å². The zero-order valence-electron chi connectivity index (χ0n) is 14.9. The summed E-state index contributed by atoms with van der Waals surface area (Å²) in [5.41, 5.74) is 7.33. The Balaban J connectivity index is 1.81. The maximum Gasteiger partial charge on any atom is 0.255 e. The van der Waals surface area contributed by atoms with Gasteiger partial charge in [-0.2, -0.15) is 0 Å². The molecule has 1 aromatic heterocycles. The van der Waals surface area contributed by atoms with E-state index in [0.717, 1.165) is 18.4 Å². The van der Waals surface area contributed by atoms with Crippen LogP contribution in [-0.4, -0.2) is 40.3 Å². The molecule has 1 aliphatic heterocycles. The van der Waals surface area contributed by atoms with E-state index < -0.39 is 0 Å². The number of anilines is 1. The number of aromatic nitrogens is 1. The molecule has 0 spiro atoms. The van der Waals surface area contributed by atoms with Gasteiger partial charge in [0.25, 0.3) is 5.91 Å². The Morgan fingerprint density at radius 1 is 1.23 bits per heavy atom. The largest absolute Gasteiger partial charge is 0.383 e. The molecule has 3 N–H and O–H groups in total. The molecule has 2 heterocycles. The Hall–Kier alpha value is -2.89. The lowest BCUT2D eigenvalue weighted by Gasteiger charge is -2.41. The lowest BCUT2D eigenvalue weighted by atomic mass is 9.90. The summed E-state index contributed by atoms with van der Waals surface area (Å²) in [5.74, 6) is -0.00122. The summed E-state index contributed by atoms with van der Waals surface area (Å²) in [7, 11) is 0. The first-order chi connectivity index (χ1) is 12.6. The fourth-order valence-corrected chi connectivity index (χ4v) is 3.58. The van der Waals surface area contributed by atoms with Crippen molar-refractivity contribution in [2.75, 3.05) is 12.3 Å². The van der Waals surface area contributed by atoms with Crippen molar-refractivity contribution in [2.45, 2.75) is 38.3 Å². The van der Waals surface area contributed by atoms with E-state index in [-0.39, 0.29) is 29.7 Å². The highest BCUT2D eigenvalue weighted by Crippen LogP contribution is 2.22. The number of nitrogen functional groups attached to an aromatic ring is 1. The number of piperidine rings is 1. The number of amides is 2. The number of rotatable bonds is 4. The zero-order valence-corrected chi connectivity index (χ0v) is 14.9. The van der Waals surface area contributed by atoms with Crippen molar-refractivity contribution in [1.29, 1.82) is 0 Å². The van der Waals surface area contributed by atoms with E-state index in [2.05, 4.69) is 10.3 Å². The summed E-state index contributed by atoms with van der Waals surface area (Å²) >= 11 is 0. The summed E-state index contributed by atoms with van der Waals surface area (Å²) < 4.78 is 0. The quantitative estimate of drug-likeness (QED) is 0.881. The van der Waals surface area contributed by atoms with E-state index in [9.17, 15) is 9.59 Å². The predicted octanol–water partition coefficient (Wildman–Crippen LogP) is 2.02. The maximum absolute atomic E-state index is 12.7. The van der Waals surface area contributed by atoms with Gasteiger partial charge in [0.15, 0.2) is 0 Å². The zero-order chi connectivity index (χ0) is 18.5. The van der Waals surface area contributed by atoms with E-state index in [1.165, 1.54) is 0 Å². The second-order valence-corrected chi connectivity index (χ2v) is 6.63. The summed E-state index contributed by atoms with van der Waals surface area (Å²) in [4.78, 5) is 30.7. The number of hydrogen-bond acceptors (Lipinski definition) is 4. The molecule has 0 bridgehead atoms. The molecule has 6 heteroatoms. The predicted molar refractivity (Wildman–Crippen MR) is 100 cm³/mol. The number of likely N-dealkylation sites (tertiary alicyclic amines) is 1. The number of benzene rings is 1. The van der Waals surface area contributed by atoms with Crippen molar-refractivity contribution < 1.29 is 9.59 Å². The van der Waals surface area contributed by atoms with Gasteiger partial charge in [0.1, 0.15) is 5.82 Å². The minimum Gasteiger partial charge on any atom is -0.383 e. The Morgan fingerprint density at radius 3 is 2.69 bits per heavy atom. The first-order valence-electron chi connectivity index (χ1n) is 8.88. The van der Waals surface area contributed by atoms with Gasteiger partial charge in [-0.15, -0.1) is 0 Å². The molecule has 1 fully saturated rings. The average Bonchev–Trinajstić information content (AvgIpc) is 2.64. The van der Waals surface area contributed by atoms with Gasteiger partial charge in [-0.1, -0.05) is 30.3 Å². The van der Waals surface area contributed by atoms with Crippen molar-refractivity contribution in [3.05, 3.63) is 59.8 Å². The van der Waals surface area contributed by atoms with Gasteiger partial charge in [-0.25, -0.2) is 4.98 Å². The monoisotopic (exact) mass is 352 g/mol. The van der Waals surface area contributed by atoms with Crippen LogP contribution in [0.25, 0.3) is 0 Å². The highest BCUT2D eigenvalue weighted by molar-refractivity contribution is 5.98. The number of nitrogens with one attached hydrogen (secondary N) is 1. The van der Waals surface area contributed by atoms with Crippen LogP contribution in [0.2, 0.25) is 0 Å². The molecule has 0 radical (unpaired) electrons. The highest BCUT2D eigenvalue weighted by atomic mass is 16.2. The minimum absolute atomic E-state index is 0.0331. The van der Waals surface area contributed by atoms with Gasteiger partial charge in [-0.05, 0) is 37.0 Å². The molecule has 2 atom stereocenters. The molecule has 26 heavy (non-hydrogen) atoms. The van der Waals surface area contributed by atoms with Crippen LogP contribution in [0.4, 0.5) is 5.82 Å². The molecular weight excluding hydrogens is 328 g/mol. The Kier molecular flexibility index (Phi) is 5.51. The van der Waals surface area contributed by atoms with E-state index in [4.69, 9.17) is 5.73 Å². The number of pyridine rings is 1. The third-order valence-corrected chi connectivity index (χ3v) is 4.87. The standard InChI is InChI=1S/C20H24N4O2/c1-14(25)24-12-6-10-17(18(24)13-15-7-3-2-4-8-15)23-20(26)16-9-5-11-22-19(16)21/h2-5,7-9,11,17-18H,6,10,12-13H2,1H3,(H2,21,22)(H,23,26)/t17-,18-/m0/s1. The third kappa shape index (κ3) is 4.02. The van der Waals surface area contributed by atoms with E-state index in [1.807, 2.05) is 35.2 Å². The minimum atomic E-state index is -0.246. The fraction of sp³-hybridized carbons (Fsp3) is 0.350. The maximum atomic E-state index is 12.7. The first-order valence-corrected chi connectivity index (χ1v) is 8.88. The van der Waals surface area contributed by atoms with E-state index in [0.29, 0.717) is 18.5 Å². The van der Waals surface area contributed by atoms with E-state index in [1.54, 1.807) is 25.3 Å². The average molecular weight is 352 g/mol. The normalized spacial score (nSPS) is 19.8. The first kappa shape index (κ1) is 17.9. The second kappa shape index (κ2) is 7.99. The Morgan fingerprint density at radius 2 is 2.00 bits per heavy atom. The summed E-state index contributed by atoms with van der Waals surface area (Å²) in [5, 5.41) is 3.08. The lowest BCUT2D eigenvalue weighted by molar-refractivity contribution is -0.133. The number of carbonyl (C=O) groups excluding carboxylic acids is 2. The molecular formula is C20H24N4O2. The third-order valence-electron chi connectivity index (χ3n) is 4.87. The van der Waals surface area contributed by atoms with Crippen LogP contribution in [-0.2, 0) is 11.2 Å². The molecule has 136 valence electrons. The molecule has 0 saturated carbocycles. The van der Waals surface area contributed by atoms with Crippen LogP contribution >= 0.6 is 0 Å². The summed E-state index contributed by atoms with van der Waals surface area (Å²) in [6.45, 7) is 2.30. The number of nitrogens with two attached hydrogens (primary N) is 1. The van der Waals surface area contributed by atoms with Crippen molar-refractivity contribution >= 4 is 17.6 Å². The lowest BCUT2D eigenvalue weighted by Crippen LogP contribution is -2.57. The van der Waals surface area contributed by atoms with Crippen molar-refractivity contribution in [2.24, 2.45) is 0 Å². The molecule has 2 aromatic rings.